The summed E-state index contributed by atoms with van der Waals surface area (Å²) in [6.07, 6.45) is 3.45. The van der Waals surface area contributed by atoms with Crippen molar-refractivity contribution in [3.05, 3.63) is 77.9 Å². The van der Waals surface area contributed by atoms with E-state index in [-0.39, 0.29) is 6.61 Å². The summed E-state index contributed by atoms with van der Waals surface area (Å²) < 4.78 is 5.54. The van der Waals surface area contributed by atoms with Crippen molar-refractivity contribution >= 4 is 5.97 Å². The number of hydrogen-bond acceptors (Lipinski definition) is 4. The van der Waals surface area contributed by atoms with Crippen molar-refractivity contribution in [1.82, 2.24) is 10.2 Å². The summed E-state index contributed by atoms with van der Waals surface area (Å²) in [6.45, 7) is 4.51. The second-order valence-corrected chi connectivity index (χ2v) is 7.01. The Labute approximate surface area is 179 Å². The van der Waals surface area contributed by atoms with Crippen molar-refractivity contribution in [1.29, 1.82) is 0 Å². The first kappa shape index (κ1) is 23.2. The van der Waals surface area contributed by atoms with E-state index in [1.54, 1.807) is 0 Å². The quantitative estimate of drug-likeness (QED) is 0.418. The minimum atomic E-state index is -0.974. The zero-order valence-corrected chi connectivity index (χ0v) is 17.7. The van der Waals surface area contributed by atoms with Crippen molar-refractivity contribution in [2.45, 2.75) is 25.9 Å². The first-order valence-corrected chi connectivity index (χ1v) is 10.0. The molecule has 1 atom stereocenters. The maximum absolute atomic E-state index is 10.5. The maximum Gasteiger partial charge on any atom is 0.328 e. The second-order valence-electron chi connectivity index (χ2n) is 7.01. The minimum Gasteiger partial charge on any atom is -0.490 e. The lowest BCUT2D eigenvalue weighted by atomic mass is 10.0. The monoisotopic (exact) mass is 406 g/mol. The molecule has 5 heteroatoms. The molecule has 0 saturated heterocycles. The number of benzene rings is 2. The summed E-state index contributed by atoms with van der Waals surface area (Å²) in [5.74, 6) is 5.86. The first-order valence-electron chi connectivity index (χ1n) is 10.0. The van der Waals surface area contributed by atoms with Gasteiger partial charge < -0.3 is 15.2 Å². The Morgan fingerprint density at radius 2 is 1.90 bits per heavy atom. The van der Waals surface area contributed by atoms with Crippen molar-refractivity contribution in [3.8, 4) is 17.6 Å². The van der Waals surface area contributed by atoms with Crippen molar-refractivity contribution < 1.29 is 14.6 Å². The fourth-order valence-corrected chi connectivity index (χ4v) is 2.98. The Balaban J connectivity index is 1.92. The lowest BCUT2D eigenvalue weighted by Crippen LogP contribution is -2.41. The van der Waals surface area contributed by atoms with Crippen LogP contribution in [0.25, 0.3) is 0 Å². The van der Waals surface area contributed by atoms with E-state index in [4.69, 9.17) is 9.84 Å². The van der Waals surface area contributed by atoms with Gasteiger partial charge in [-0.15, -0.1) is 5.92 Å². The number of aliphatic carboxylic acids is 1. The van der Waals surface area contributed by atoms with Crippen molar-refractivity contribution in [2.75, 3.05) is 26.7 Å². The molecule has 0 radical (unpaired) electrons. The van der Waals surface area contributed by atoms with Crippen molar-refractivity contribution in [3.63, 3.8) is 0 Å². The van der Waals surface area contributed by atoms with Crippen LogP contribution in [0.4, 0.5) is 0 Å². The molecule has 0 bridgehead atoms. The molecule has 30 heavy (non-hydrogen) atoms. The number of carbonyl (C=O) groups is 1. The average Bonchev–Trinajstić information content (AvgIpc) is 2.76. The molecule has 0 amide bonds. The summed E-state index contributed by atoms with van der Waals surface area (Å²) in [4.78, 5) is 12.7. The molecular weight excluding hydrogens is 376 g/mol. The number of carboxylic acids is 1. The molecule has 2 aromatic rings. The van der Waals surface area contributed by atoms with E-state index in [0.29, 0.717) is 6.04 Å². The third-order valence-electron chi connectivity index (χ3n) is 4.68. The van der Waals surface area contributed by atoms with Gasteiger partial charge in [-0.1, -0.05) is 48.4 Å². The molecule has 0 aliphatic rings. The molecule has 2 aromatic carbocycles. The predicted molar refractivity (Wildman–Crippen MR) is 120 cm³/mol. The summed E-state index contributed by atoms with van der Waals surface area (Å²) in [5.41, 5.74) is 2.48. The molecule has 0 unspecified atom stereocenters. The van der Waals surface area contributed by atoms with Gasteiger partial charge in [0.15, 0.2) is 0 Å². The molecule has 0 aliphatic carbocycles. The standard InChI is InChI=1S/C25H30N2O3/c1-3-4-16-27(2)23(20-26-19-22-9-6-5-7-10-22)18-21-12-14-24(15-13-21)30-17-8-11-25(28)29/h5-15,23,26H,16-20H2,1-2H3,(H,28,29)/b11-8+/t23-/m0/s1. The van der Waals surface area contributed by atoms with Gasteiger partial charge in [-0.2, -0.15) is 0 Å². The summed E-state index contributed by atoms with van der Waals surface area (Å²) in [6, 6.07) is 18.6. The molecule has 0 heterocycles. The highest BCUT2D eigenvalue weighted by Crippen LogP contribution is 2.15. The predicted octanol–water partition coefficient (Wildman–Crippen LogP) is 3.36. The summed E-state index contributed by atoms with van der Waals surface area (Å²) in [7, 11) is 2.10. The van der Waals surface area contributed by atoms with Crippen LogP contribution in [0.2, 0.25) is 0 Å². The molecule has 2 rings (SSSR count). The number of carboxylic acid groups (broad SMARTS) is 1. The first-order chi connectivity index (χ1) is 14.6. The fourth-order valence-electron chi connectivity index (χ4n) is 2.98. The molecule has 158 valence electrons. The normalized spacial score (nSPS) is 11.8. The van der Waals surface area contributed by atoms with Crippen LogP contribution in [-0.4, -0.2) is 48.8 Å². The highest BCUT2D eigenvalue weighted by Gasteiger charge is 2.14. The van der Waals surface area contributed by atoms with Gasteiger partial charge in [0, 0.05) is 25.2 Å². The third-order valence-corrected chi connectivity index (χ3v) is 4.68. The minimum absolute atomic E-state index is 0.232. The summed E-state index contributed by atoms with van der Waals surface area (Å²) >= 11 is 0. The third kappa shape index (κ3) is 8.95. The Bertz CT molecular complexity index is 851. The van der Waals surface area contributed by atoms with Crippen LogP contribution in [0, 0.1) is 11.8 Å². The zero-order chi connectivity index (χ0) is 21.6. The van der Waals surface area contributed by atoms with Gasteiger partial charge in [0.25, 0.3) is 0 Å². The van der Waals surface area contributed by atoms with E-state index in [1.807, 2.05) is 25.1 Å². The number of nitrogens with one attached hydrogen (secondary N) is 1. The van der Waals surface area contributed by atoms with Crippen molar-refractivity contribution in [2.24, 2.45) is 0 Å². The largest absolute Gasteiger partial charge is 0.490 e. The SMILES string of the molecule is CC#CCN(C)[C@H](CNCc1ccccc1)Cc1ccc(OC/C=C/C(=O)O)cc1. The van der Waals surface area contributed by atoms with Crippen LogP contribution in [0.15, 0.2) is 66.7 Å². The highest BCUT2D eigenvalue weighted by atomic mass is 16.5. The number of likely N-dealkylation sites (N-methyl/N-ethyl adjacent to an activating group) is 1. The van der Waals surface area contributed by atoms with Crippen LogP contribution in [0.1, 0.15) is 18.1 Å². The Kier molecular flexibility index (Phi) is 10.2. The molecule has 2 N–H and O–H groups in total. The van der Waals surface area contributed by atoms with Gasteiger partial charge in [0.1, 0.15) is 12.4 Å². The highest BCUT2D eigenvalue weighted by molar-refractivity contribution is 5.79. The van der Waals surface area contributed by atoms with Crippen LogP contribution < -0.4 is 10.1 Å². The Morgan fingerprint density at radius 3 is 2.57 bits per heavy atom. The lowest BCUT2D eigenvalue weighted by Gasteiger charge is -2.27. The topological polar surface area (TPSA) is 61.8 Å². The molecule has 0 spiro atoms. The van der Waals surface area contributed by atoms with Gasteiger partial charge in [-0.05, 0) is 49.7 Å². The molecule has 5 nitrogen and oxygen atoms in total. The zero-order valence-electron chi connectivity index (χ0n) is 17.7. The van der Waals surface area contributed by atoms with E-state index in [0.717, 1.165) is 37.9 Å². The molecule has 0 aromatic heterocycles. The molecule has 0 saturated carbocycles. The van der Waals surface area contributed by atoms with Gasteiger partial charge >= 0.3 is 5.97 Å². The van der Waals surface area contributed by atoms with Crippen LogP contribution >= 0.6 is 0 Å². The van der Waals surface area contributed by atoms with Crippen LogP contribution in [-0.2, 0) is 17.8 Å². The van der Waals surface area contributed by atoms with Gasteiger partial charge in [0.2, 0.25) is 0 Å². The number of rotatable bonds is 12. The Hall–Kier alpha value is -3.07. The maximum atomic E-state index is 10.5. The van der Waals surface area contributed by atoms with Gasteiger partial charge in [-0.3, -0.25) is 4.90 Å². The number of ether oxygens (including phenoxy) is 1. The molecule has 0 fully saturated rings. The smallest absolute Gasteiger partial charge is 0.328 e. The molecular formula is C25H30N2O3. The van der Waals surface area contributed by atoms with E-state index < -0.39 is 5.97 Å². The van der Waals surface area contributed by atoms with E-state index in [2.05, 4.69) is 65.5 Å². The van der Waals surface area contributed by atoms with Crippen LogP contribution in [0.5, 0.6) is 5.75 Å². The van der Waals surface area contributed by atoms with E-state index >= 15 is 0 Å². The number of nitrogens with zero attached hydrogens (tertiary/aromatic N) is 1. The summed E-state index contributed by atoms with van der Waals surface area (Å²) in [5, 5.41) is 12.2. The van der Waals surface area contributed by atoms with E-state index in [9.17, 15) is 4.79 Å². The van der Waals surface area contributed by atoms with E-state index in [1.165, 1.54) is 17.2 Å². The number of hydrogen-bond donors (Lipinski definition) is 2. The van der Waals surface area contributed by atoms with Crippen LogP contribution in [0.3, 0.4) is 0 Å². The van der Waals surface area contributed by atoms with Gasteiger partial charge in [0.05, 0.1) is 6.54 Å². The molecule has 0 aliphatic heterocycles. The Morgan fingerprint density at radius 1 is 1.17 bits per heavy atom. The fraction of sp³-hybridized carbons (Fsp3) is 0.320. The van der Waals surface area contributed by atoms with Gasteiger partial charge in [-0.25, -0.2) is 4.79 Å². The second kappa shape index (κ2) is 13.2. The lowest BCUT2D eigenvalue weighted by molar-refractivity contribution is -0.131. The average molecular weight is 407 g/mol.